The van der Waals surface area contributed by atoms with Gasteiger partial charge in [-0.3, -0.25) is 0 Å². The molecule has 1 heterocycles. The standard InChI is InChI=1S/C18H33NO2/c1-13-8-17(10-18(2,3)9-13)20-12-16-7-6-15(21-16)11-19-14-4-5-14/h13-17,19H,4-12H2,1-3H3. The van der Waals surface area contributed by atoms with E-state index in [0.29, 0.717) is 23.7 Å². The van der Waals surface area contributed by atoms with Crippen LogP contribution in [0.15, 0.2) is 0 Å². The fourth-order valence-corrected chi connectivity index (χ4v) is 4.27. The van der Waals surface area contributed by atoms with Crippen molar-refractivity contribution in [1.29, 1.82) is 0 Å². The first kappa shape index (κ1) is 15.8. The highest BCUT2D eigenvalue weighted by Crippen LogP contribution is 2.39. The molecule has 0 radical (unpaired) electrons. The normalized spacial score (nSPS) is 39.6. The Morgan fingerprint density at radius 1 is 1.10 bits per heavy atom. The maximum atomic E-state index is 6.21. The number of nitrogens with one attached hydrogen (secondary N) is 1. The van der Waals surface area contributed by atoms with E-state index in [0.717, 1.165) is 25.1 Å². The van der Waals surface area contributed by atoms with Gasteiger partial charge >= 0.3 is 0 Å². The number of hydrogen-bond acceptors (Lipinski definition) is 3. The van der Waals surface area contributed by atoms with Gasteiger partial charge in [-0.25, -0.2) is 0 Å². The summed E-state index contributed by atoms with van der Waals surface area (Å²) in [5.41, 5.74) is 0.440. The van der Waals surface area contributed by atoms with Crippen LogP contribution in [0.1, 0.15) is 65.7 Å². The van der Waals surface area contributed by atoms with Gasteiger partial charge in [-0.15, -0.1) is 0 Å². The molecule has 0 amide bonds. The molecule has 122 valence electrons. The van der Waals surface area contributed by atoms with Crippen molar-refractivity contribution in [3.8, 4) is 0 Å². The predicted molar refractivity (Wildman–Crippen MR) is 85.5 cm³/mol. The van der Waals surface area contributed by atoms with Gasteiger partial charge in [-0.05, 0) is 56.3 Å². The summed E-state index contributed by atoms with van der Waals surface area (Å²) in [6.07, 6.45) is 10.0. The van der Waals surface area contributed by atoms with Crippen molar-refractivity contribution in [2.45, 2.75) is 90.1 Å². The molecule has 0 aromatic rings. The molecule has 4 atom stereocenters. The van der Waals surface area contributed by atoms with E-state index in [2.05, 4.69) is 26.1 Å². The summed E-state index contributed by atoms with van der Waals surface area (Å²) < 4.78 is 12.3. The predicted octanol–water partition coefficient (Wildman–Crippen LogP) is 3.52. The van der Waals surface area contributed by atoms with E-state index >= 15 is 0 Å². The molecule has 1 aliphatic heterocycles. The molecule has 3 heteroatoms. The Kier molecular flexibility index (Phi) is 4.92. The zero-order valence-corrected chi connectivity index (χ0v) is 14.1. The largest absolute Gasteiger partial charge is 0.375 e. The van der Waals surface area contributed by atoms with E-state index < -0.39 is 0 Å². The summed E-state index contributed by atoms with van der Waals surface area (Å²) in [5, 5.41) is 3.58. The minimum atomic E-state index is 0.330. The highest BCUT2D eigenvalue weighted by Gasteiger charge is 2.34. The lowest BCUT2D eigenvalue weighted by molar-refractivity contribution is -0.0716. The van der Waals surface area contributed by atoms with Crippen molar-refractivity contribution in [2.75, 3.05) is 13.2 Å². The van der Waals surface area contributed by atoms with E-state index in [4.69, 9.17) is 9.47 Å². The van der Waals surface area contributed by atoms with Crippen molar-refractivity contribution in [1.82, 2.24) is 5.32 Å². The maximum absolute atomic E-state index is 6.21. The zero-order chi connectivity index (χ0) is 14.9. The molecule has 2 saturated carbocycles. The van der Waals surface area contributed by atoms with Crippen LogP contribution in [-0.4, -0.2) is 37.5 Å². The van der Waals surface area contributed by atoms with Crippen molar-refractivity contribution in [3.63, 3.8) is 0 Å². The topological polar surface area (TPSA) is 30.5 Å². The van der Waals surface area contributed by atoms with Crippen LogP contribution in [0, 0.1) is 11.3 Å². The average molecular weight is 295 g/mol. The smallest absolute Gasteiger partial charge is 0.0814 e. The van der Waals surface area contributed by atoms with E-state index in [1.807, 2.05) is 0 Å². The third-order valence-electron chi connectivity index (χ3n) is 5.27. The van der Waals surface area contributed by atoms with Crippen LogP contribution in [0.4, 0.5) is 0 Å². The van der Waals surface area contributed by atoms with Crippen LogP contribution in [0.3, 0.4) is 0 Å². The second-order valence-corrected chi connectivity index (χ2v) is 8.51. The highest BCUT2D eigenvalue weighted by atomic mass is 16.5. The van der Waals surface area contributed by atoms with Gasteiger partial charge in [0.15, 0.2) is 0 Å². The zero-order valence-electron chi connectivity index (χ0n) is 14.1. The van der Waals surface area contributed by atoms with Crippen molar-refractivity contribution in [3.05, 3.63) is 0 Å². The molecule has 0 spiro atoms. The Morgan fingerprint density at radius 3 is 2.57 bits per heavy atom. The van der Waals surface area contributed by atoms with Crippen molar-refractivity contribution < 1.29 is 9.47 Å². The maximum Gasteiger partial charge on any atom is 0.0814 e. The fraction of sp³-hybridized carbons (Fsp3) is 1.00. The highest BCUT2D eigenvalue weighted by molar-refractivity contribution is 4.85. The van der Waals surface area contributed by atoms with Gasteiger partial charge in [-0.1, -0.05) is 20.8 Å². The summed E-state index contributed by atoms with van der Waals surface area (Å²) in [6.45, 7) is 8.96. The second kappa shape index (κ2) is 6.55. The summed E-state index contributed by atoms with van der Waals surface area (Å²) >= 11 is 0. The van der Waals surface area contributed by atoms with E-state index in [1.165, 1.54) is 44.9 Å². The fourth-order valence-electron chi connectivity index (χ4n) is 4.27. The Hall–Kier alpha value is -0.120. The molecule has 1 saturated heterocycles. The molecule has 4 unspecified atom stereocenters. The summed E-state index contributed by atoms with van der Waals surface area (Å²) in [4.78, 5) is 0. The van der Waals surface area contributed by atoms with Crippen LogP contribution in [0.5, 0.6) is 0 Å². The summed E-state index contributed by atoms with van der Waals surface area (Å²) in [7, 11) is 0. The molecule has 1 N–H and O–H groups in total. The lowest BCUT2D eigenvalue weighted by Gasteiger charge is -2.39. The van der Waals surface area contributed by atoms with Gasteiger partial charge in [-0.2, -0.15) is 0 Å². The van der Waals surface area contributed by atoms with E-state index in [1.54, 1.807) is 0 Å². The number of rotatable bonds is 6. The molecule has 2 aliphatic carbocycles. The lowest BCUT2D eigenvalue weighted by Crippen LogP contribution is -2.34. The molecule has 0 bridgehead atoms. The average Bonchev–Trinajstić information content (AvgIpc) is 3.10. The minimum Gasteiger partial charge on any atom is -0.375 e. The van der Waals surface area contributed by atoms with Gasteiger partial charge in [0.1, 0.15) is 0 Å². The van der Waals surface area contributed by atoms with Gasteiger partial charge in [0, 0.05) is 12.6 Å². The van der Waals surface area contributed by atoms with Crippen LogP contribution in [-0.2, 0) is 9.47 Å². The van der Waals surface area contributed by atoms with Crippen LogP contribution in [0.25, 0.3) is 0 Å². The van der Waals surface area contributed by atoms with Crippen molar-refractivity contribution in [2.24, 2.45) is 11.3 Å². The molecule has 21 heavy (non-hydrogen) atoms. The van der Waals surface area contributed by atoms with Gasteiger partial charge in [0.2, 0.25) is 0 Å². The van der Waals surface area contributed by atoms with Crippen LogP contribution in [0.2, 0.25) is 0 Å². The van der Waals surface area contributed by atoms with Gasteiger partial charge < -0.3 is 14.8 Å². The molecule has 3 nitrogen and oxygen atoms in total. The SMILES string of the molecule is CC1CC(OCC2CCC(CNC3CC3)O2)CC(C)(C)C1. The van der Waals surface area contributed by atoms with Gasteiger partial charge in [0.05, 0.1) is 24.9 Å². The number of ether oxygens (including phenoxy) is 2. The van der Waals surface area contributed by atoms with Crippen molar-refractivity contribution >= 4 is 0 Å². The first-order valence-corrected chi connectivity index (χ1v) is 9.00. The van der Waals surface area contributed by atoms with Gasteiger partial charge in [0.25, 0.3) is 0 Å². The summed E-state index contributed by atoms with van der Waals surface area (Å²) in [5.74, 6) is 0.790. The Morgan fingerprint density at radius 2 is 1.86 bits per heavy atom. The third-order valence-corrected chi connectivity index (χ3v) is 5.27. The summed E-state index contributed by atoms with van der Waals surface area (Å²) in [6, 6.07) is 0.787. The molecule has 3 rings (SSSR count). The Balaban J connectivity index is 1.35. The Labute approximate surface area is 130 Å². The number of hydrogen-bond donors (Lipinski definition) is 1. The molecule has 3 fully saturated rings. The molecular formula is C18H33NO2. The monoisotopic (exact) mass is 295 g/mol. The molecule has 0 aromatic heterocycles. The van der Waals surface area contributed by atoms with Crippen LogP contribution < -0.4 is 5.32 Å². The first-order chi connectivity index (χ1) is 10.00. The minimum absolute atomic E-state index is 0.330. The molecule has 0 aromatic carbocycles. The van der Waals surface area contributed by atoms with E-state index in [-0.39, 0.29) is 0 Å². The quantitative estimate of drug-likeness (QED) is 0.813. The molecule has 3 aliphatic rings. The Bertz CT molecular complexity index is 340. The third kappa shape index (κ3) is 4.94. The molecular weight excluding hydrogens is 262 g/mol. The first-order valence-electron chi connectivity index (χ1n) is 9.00. The van der Waals surface area contributed by atoms with Crippen LogP contribution >= 0.6 is 0 Å². The van der Waals surface area contributed by atoms with E-state index in [9.17, 15) is 0 Å². The lowest BCUT2D eigenvalue weighted by atomic mass is 9.71. The second-order valence-electron chi connectivity index (χ2n) is 8.51.